The maximum Gasteiger partial charge on any atom is 0.191 e. The number of aliphatic imine (C=N–C) groups is 1. The summed E-state index contributed by atoms with van der Waals surface area (Å²) in [5, 5.41) is 8.05. The predicted octanol–water partition coefficient (Wildman–Crippen LogP) is 2.80. The van der Waals surface area contributed by atoms with Gasteiger partial charge in [-0.15, -0.1) is 0 Å². The van der Waals surface area contributed by atoms with Crippen molar-refractivity contribution in [2.24, 2.45) is 4.99 Å². The number of rotatable bonds is 4. The van der Waals surface area contributed by atoms with Crippen molar-refractivity contribution >= 4 is 32.8 Å². The summed E-state index contributed by atoms with van der Waals surface area (Å²) in [5.41, 5.74) is 2.51. The molecule has 0 saturated heterocycles. The first kappa shape index (κ1) is 13.5. The molecule has 1 heterocycles. The van der Waals surface area contributed by atoms with E-state index in [-0.39, 0.29) is 0 Å². The molecule has 4 nitrogen and oxygen atoms in total. The largest absolute Gasteiger partial charge is 0.361 e. The van der Waals surface area contributed by atoms with Crippen molar-refractivity contribution in [3.8, 4) is 0 Å². The number of hydrogen-bond donors (Lipinski definition) is 3. The zero-order valence-electron chi connectivity index (χ0n) is 11.5. The second kappa shape index (κ2) is 5.87. The molecule has 1 aromatic heterocycles. The van der Waals surface area contributed by atoms with E-state index in [1.54, 1.807) is 0 Å². The van der Waals surface area contributed by atoms with Gasteiger partial charge in [-0.2, -0.15) is 0 Å². The van der Waals surface area contributed by atoms with Crippen molar-refractivity contribution in [1.82, 2.24) is 15.6 Å². The number of benzene rings is 1. The molecule has 1 aromatic carbocycles. The molecule has 0 radical (unpaired) electrons. The minimum absolute atomic E-state index is 0.630. The van der Waals surface area contributed by atoms with Gasteiger partial charge in [0.25, 0.3) is 0 Å². The van der Waals surface area contributed by atoms with Gasteiger partial charge in [0.2, 0.25) is 0 Å². The topological polar surface area (TPSA) is 52.2 Å². The van der Waals surface area contributed by atoms with Crippen LogP contribution in [0.25, 0.3) is 10.9 Å². The summed E-state index contributed by atoms with van der Waals surface area (Å²) >= 11 is 3.53. The molecular formula is C15H19BrN4. The van der Waals surface area contributed by atoms with Crippen LogP contribution < -0.4 is 10.6 Å². The van der Waals surface area contributed by atoms with E-state index in [0.717, 1.165) is 23.4 Å². The zero-order valence-corrected chi connectivity index (χ0v) is 13.1. The molecule has 5 heteroatoms. The highest BCUT2D eigenvalue weighted by atomic mass is 79.9. The van der Waals surface area contributed by atoms with E-state index >= 15 is 0 Å². The van der Waals surface area contributed by atoms with Crippen LogP contribution >= 0.6 is 15.9 Å². The molecule has 0 atom stereocenters. The van der Waals surface area contributed by atoms with Crippen LogP contribution in [0.5, 0.6) is 0 Å². The average Bonchev–Trinajstić information content (AvgIpc) is 3.18. The number of halogens is 1. The van der Waals surface area contributed by atoms with E-state index in [9.17, 15) is 0 Å². The summed E-state index contributed by atoms with van der Waals surface area (Å²) in [6.07, 6.45) is 5.59. The first-order chi connectivity index (χ1) is 9.76. The lowest BCUT2D eigenvalue weighted by atomic mass is 10.1. The van der Waals surface area contributed by atoms with Gasteiger partial charge in [0.1, 0.15) is 0 Å². The summed E-state index contributed by atoms with van der Waals surface area (Å²) in [5.74, 6) is 0.911. The lowest BCUT2D eigenvalue weighted by Gasteiger charge is -2.10. The quantitative estimate of drug-likeness (QED) is 0.594. The van der Waals surface area contributed by atoms with Gasteiger partial charge < -0.3 is 15.6 Å². The normalized spacial score (nSPS) is 15.6. The molecule has 20 heavy (non-hydrogen) atoms. The van der Waals surface area contributed by atoms with Crippen LogP contribution in [0.2, 0.25) is 0 Å². The Labute approximate surface area is 127 Å². The van der Waals surface area contributed by atoms with Crippen LogP contribution in [0.4, 0.5) is 0 Å². The predicted molar refractivity (Wildman–Crippen MR) is 87.2 cm³/mol. The summed E-state index contributed by atoms with van der Waals surface area (Å²) in [4.78, 5) is 7.56. The Bertz CT molecular complexity index is 628. The molecule has 0 unspecified atom stereocenters. The van der Waals surface area contributed by atoms with E-state index in [4.69, 9.17) is 0 Å². The highest BCUT2D eigenvalue weighted by molar-refractivity contribution is 9.10. The number of aromatic amines is 1. The first-order valence-electron chi connectivity index (χ1n) is 6.99. The van der Waals surface area contributed by atoms with E-state index in [0.29, 0.717) is 6.04 Å². The van der Waals surface area contributed by atoms with Gasteiger partial charge in [-0.25, -0.2) is 0 Å². The van der Waals surface area contributed by atoms with Gasteiger partial charge in [0.15, 0.2) is 5.96 Å². The molecule has 2 aromatic rings. The summed E-state index contributed by atoms with van der Waals surface area (Å²) in [6, 6.07) is 6.95. The third kappa shape index (κ3) is 3.15. The van der Waals surface area contributed by atoms with Gasteiger partial charge in [-0.05, 0) is 43.0 Å². The molecule has 1 aliphatic rings. The zero-order chi connectivity index (χ0) is 13.9. The minimum Gasteiger partial charge on any atom is -0.361 e. The van der Waals surface area contributed by atoms with Gasteiger partial charge >= 0.3 is 0 Å². The highest BCUT2D eigenvalue weighted by Crippen LogP contribution is 2.23. The highest BCUT2D eigenvalue weighted by Gasteiger charge is 2.21. The van der Waals surface area contributed by atoms with E-state index < -0.39 is 0 Å². The maximum absolute atomic E-state index is 4.24. The molecule has 1 fully saturated rings. The Morgan fingerprint density at radius 1 is 1.45 bits per heavy atom. The van der Waals surface area contributed by atoms with Crippen molar-refractivity contribution in [3.05, 3.63) is 34.4 Å². The number of nitrogens with zero attached hydrogens (tertiary/aromatic N) is 1. The smallest absolute Gasteiger partial charge is 0.191 e. The number of hydrogen-bond acceptors (Lipinski definition) is 1. The van der Waals surface area contributed by atoms with Gasteiger partial charge in [-0.3, -0.25) is 4.99 Å². The summed E-state index contributed by atoms with van der Waals surface area (Å²) < 4.78 is 1.12. The summed E-state index contributed by atoms with van der Waals surface area (Å²) in [6.45, 7) is 0.881. The third-order valence-corrected chi connectivity index (χ3v) is 4.05. The van der Waals surface area contributed by atoms with E-state index in [1.165, 1.54) is 29.3 Å². The van der Waals surface area contributed by atoms with Crippen molar-refractivity contribution in [3.63, 3.8) is 0 Å². The molecule has 3 N–H and O–H groups in total. The van der Waals surface area contributed by atoms with Crippen LogP contribution in [-0.4, -0.2) is 30.6 Å². The molecule has 0 amide bonds. The Balaban J connectivity index is 1.60. The van der Waals surface area contributed by atoms with Crippen molar-refractivity contribution in [2.45, 2.75) is 25.3 Å². The van der Waals surface area contributed by atoms with Crippen LogP contribution in [0.3, 0.4) is 0 Å². The molecular weight excluding hydrogens is 316 g/mol. The van der Waals surface area contributed by atoms with E-state index in [2.05, 4.69) is 60.9 Å². The minimum atomic E-state index is 0.630. The molecule has 0 aliphatic heterocycles. The van der Waals surface area contributed by atoms with Crippen molar-refractivity contribution in [1.29, 1.82) is 0 Å². The molecule has 1 aliphatic carbocycles. The fourth-order valence-electron chi connectivity index (χ4n) is 2.29. The van der Waals surface area contributed by atoms with Crippen LogP contribution in [0, 0.1) is 0 Å². The van der Waals surface area contributed by atoms with Crippen LogP contribution in [0.1, 0.15) is 18.4 Å². The standard InChI is InChI=1S/C15H19BrN4/c1-17-15(20-12-3-4-12)18-7-6-10-9-19-14-5-2-11(16)8-13(10)14/h2,5,8-9,12,19H,3-4,6-7H2,1H3,(H2,17,18,20). The fraction of sp³-hybridized carbons (Fsp3) is 0.400. The molecule has 0 spiro atoms. The molecule has 106 valence electrons. The van der Waals surface area contributed by atoms with Crippen molar-refractivity contribution in [2.75, 3.05) is 13.6 Å². The Morgan fingerprint density at radius 2 is 2.30 bits per heavy atom. The van der Waals surface area contributed by atoms with Crippen LogP contribution in [0.15, 0.2) is 33.9 Å². The lowest BCUT2D eigenvalue weighted by molar-refractivity contribution is 0.793. The number of H-pyrrole nitrogens is 1. The Morgan fingerprint density at radius 3 is 3.05 bits per heavy atom. The number of fused-ring (bicyclic) bond motifs is 1. The Kier molecular flexibility index (Phi) is 3.96. The van der Waals surface area contributed by atoms with Crippen LogP contribution in [-0.2, 0) is 6.42 Å². The second-order valence-electron chi connectivity index (χ2n) is 5.17. The number of aromatic nitrogens is 1. The van der Waals surface area contributed by atoms with E-state index in [1.807, 2.05) is 7.05 Å². The summed E-state index contributed by atoms with van der Waals surface area (Å²) in [7, 11) is 1.82. The second-order valence-corrected chi connectivity index (χ2v) is 6.09. The average molecular weight is 335 g/mol. The first-order valence-corrected chi connectivity index (χ1v) is 7.78. The monoisotopic (exact) mass is 334 g/mol. The SMILES string of the molecule is CN=C(NCCc1c[nH]c2ccc(Br)cc12)NC1CC1. The molecule has 3 rings (SSSR count). The number of guanidine groups is 1. The van der Waals surface area contributed by atoms with Gasteiger partial charge in [-0.1, -0.05) is 15.9 Å². The lowest BCUT2D eigenvalue weighted by Crippen LogP contribution is -2.39. The third-order valence-electron chi connectivity index (χ3n) is 3.56. The number of nitrogens with one attached hydrogen (secondary N) is 3. The Hall–Kier alpha value is -1.49. The molecule has 0 bridgehead atoms. The van der Waals surface area contributed by atoms with Crippen molar-refractivity contribution < 1.29 is 0 Å². The maximum atomic E-state index is 4.24. The van der Waals surface area contributed by atoms with Gasteiger partial charge in [0, 0.05) is 41.2 Å². The molecule has 1 saturated carbocycles. The van der Waals surface area contributed by atoms with Gasteiger partial charge in [0.05, 0.1) is 0 Å². The fourth-order valence-corrected chi connectivity index (χ4v) is 2.65.